The molecule has 0 saturated heterocycles. The molecule has 0 amide bonds. The maximum absolute atomic E-state index is 11.8. The highest BCUT2D eigenvalue weighted by Crippen LogP contribution is 2.61. The number of ketones is 1. The summed E-state index contributed by atoms with van der Waals surface area (Å²) in [5, 5.41) is 0. The third kappa shape index (κ3) is 3.66. The zero-order chi connectivity index (χ0) is 20.2. The molecule has 27 heavy (non-hydrogen) atoms. The molecule has 148 valence electrons. The first-order valence-corrected chi connectivity index (χ1v) is 10.3. The number of carbonyl (C=O) groups excluding carboxylic acids is 3. The topological polar surface area (TPSA) is 51.2 Å². The van der Waals surface area contributed by atoms with E-state index in [0.29, 0.717) is 17.6 Å². The number of allylic oxidation sites excluding steroid dienone is 6. The van der Waals surface area contributed by atoms with Gasteiger partial charge in [-0.3, -0.25) is 4.79 Å². The molecule has 4 aliphatic rings. The van der Waals surface area contributed by atoms with Crippen molar-refractivity contribution in [2.45, 2.75) is 79.1 Å². The normalized spacial score (nSPS) is 33.8. The number of fused-ring (bicyclic) bond motifs is 4. The van der Waals surface area contributed by atoms with Gasteiger partial charge in [0, 0.05) is 18.3 Å². The van der Waals surface area contributed by atoms with Crippen molar-refractivity contribution in [3.63, 3.8) is 0 Å². The summed E-state index contributed by atoms with van der Waals surface area (Å²) in [5.74, 6) is 1.14. The van der Waals surface area contributed by atoms with Gasteiger partial charge in [-0.25, -0.2) is 0 Å². The van der Waals surface area contributed by atoms with Crippen molar-refractivity contribution in [3.8, 4) is 0 Å². The first-order chi connectivity index (χ1) is 12.9. The highest BCUT2D eigenvalue weighted by Gasteiger charge is 2.49. The van der Waals surface area contributed by atoms with E-state index in [9.17, 15) is 9.59 Å². The lowest BCUT2D eigenvalue weighted by Gasteiger charge is -2.49. The Morgan fingerprint density at radius 2 is 1.81 bits per heavy atom. The Morgan fingerprint density at radius 1 is 1.15 bits per heavy atom. The number of hydrogen-bond acceptors (Lipinski definition) is 3. The van der Waals surface area contributed by atoms with E-state index in [0.717, 1.165) is 37.9 Å². The van der Waals surface area contributed by atoms with Crippen LogP contribution in [0.15, 0.2) is 34.4 Å². The maximum atomic E-state index is 11.8. The summed E-state index contributed by atoms with van der Waals surface area (Å²) in [6, 6.07) is 0. The summed E-state index contributed by atoms with van der Waals surface area (Å²) in [4.78, 5) is 29.0. The highest BCUT2D eigenvalue weighted by atomic mass is 16.1. The van der Waals surface area contributed by atoms with E-state index >= 15 is 0 Å². The average molecular weight is 371 g/mol. The molecule has 0 bridgehead atoms. The standard InChI is InChI=1S/C20H26O.C3H6O.CH2O/c1-13-4-7-17-16-6-5-14-12-15(21)8-10-20(14,3)18(16)9-11-19(13,17)2;1-2-3-4;1-2/h7,12-13H,4-6,8-11H2,1-3H3;3H,2H2,1H3;1H2. The third-order valence-electron chi connectivity index (χ3n) is 7.35. The second-order valence-electron chi connectivity index (χ2n) is 8.67. The second kappa shape index (κ2) is 8.50. The van der Waals surface area contributed by atoms with E-state index < -0.39 is 0 Å². The van der Waals surface area contributed by atoms with Gasteiger partial charge in [-0.2, -0.15) is 0 Å². The van der Waals surface area contributed by atoms with Gasteiger partial charge in [-0.1, -0.05) is 44.9 Å². The van der Waals surface area contributed by atoms with Gasteiger partial charge in [-0.05, 0) is 67.1 Å². The molecule has 0 N–H and O–H groups in total. The van der Waals surface area contributed by atoms with Gasteiger partial charge in [-0.15, -0.1) is 0 Å². The fourth-order valence-corrected chi connectivity index (χ4v) is 5.41. The average Bonchev–Trinajstić information content (AvgIpc) is 2.99. The van der Waals surface area contributed by atoms with Gasteiger partial charge in [0.1, 0.15) is 13.1 Å². The number of carbonyl (C=O) groups is 3. The van der Waals surface area contributed by atoms with Crippen molar-refractivity contribution in [3.05, 3.63) is 34.4 Å². The molecule has 0 radical (unpaired) electrons. The Bertz CT molecular complexity index is 696. The van der Waals surface area contributed by atoms with Gasteiger partial charge in [0.2, 0.25) is 0 Å². The molecule has 4 rings (SSSR count). The Morgan fingerprint density at radius 3 is 2.44 bits per heavy atom. The summed E-state index contributed by atoms with van der Waals surface area (Å²) in [5.41, 5.74) is 7.07. The van der Waals surface area contributed by atoms with Crippen LogP contribution in [-0.2, 0) is 14.4 Å². The molecule has 3 nitrogen and oxygen atoms in total. The fraction of sp³-hybridized carbons (Fsp3) is 0.625. The van der Waals surface area contributed by atoms with Gasteiger partial charge in [0.15, 0.2) is 5.78 Å². The highest BCUT2D eigenvalue weighted by molar-refractivity contribution is 5.92. The number of aldehydes is 1. The lowest BCUT2D eigenvalue weighted by atomic mass is 9.55. The molecule has 0 fully saturated rings. The Hall–Kier alpha value is -1.77. The second-order valence-corrected chi connectivity index (χ2v) is 8.67. The van der Waals surface area contributed by atoms with Crippen LogP contribution >= 0.6 is 0 Å². The monoisotopic (exact) mass is 370 g/mol. The molecule has 3 unspecified atom stereocenters. The van der Waals surface area contributed by atoms with Crippen molar-refractivity contribution in [2.75, 3.05) is 0 Å². The minimum absolute atomic E-state index is 0.190. The Balaban J connectivity index is 0.000000389. The summed E-state index contributed by atoms with van der Waals surface area (Å²) >= 11 is 0. The minimum atomic E-state index is 0.190. The molecule has 4 aliphatic carbocycles. The largest absolute Gasteiger partial charge is 0.307 e. The van der Waals surface area contributed by atoms with E-state index in [1.165, 1.54) is 24.8 Å². The Kier molecular flexibility index (Phi) is 6.77. The first kappa shape index (κ1) is 21.5. The lowest BCUT2D eigenvalue weighted by molar-refractivity contribution is -0.115. The molecule has 0 heterocycles. The molecular formula is C24H34O3. The SMILES string of the molecule is C=O.CC1CC=C2C3=C(CCC21C)C1(C)CCC(=O)C=C1CC3.CCC=O. The van der Waals surface area contributed by atoms with E-state index in [4.69, 9.17) is 4.79 Å². The molecule has 0 aliphatic heterocycles. The van der Waals surface area contributed by atoms with Gasteiger partial charge in [0.25, 0.3) is 0 Å². The van der Waals surface area contributed by atoms with E-state index in [2.05, 4.69) is 26.8 Å². The summed E-state index contributed by atoms with van der Waals surface area (Å²) in [6.07, 6.45) is 13.9. The van der Waals surface area contributed by atoms with Crippen LogP contribution in [0, 0.1) is 16.7 Å². The van der Waals surface area contributed by atoms with Crippen LogP contribution in [0.4, 0.5) is 0 Å². The van der Waals surface area contributed by atoms with Crippen LogP contribution in [0.1, 0.15) is 79.1 Å². The third-order valence-corrected chi connectivity index (χ3v) is 7.35. The summed E-state index contributed by atoms with van der Waals surface area (Å²) in [7, 11) is 0. The quantitative estimate of drug-likeness (QED) is 0.569. The van der Waals surface area contributed by atoms with Crippen LogP contribution in [-0.4, -0.2) is 18.9 Å². The minimum Gasteiger partial charge on any atom is -0.307 e. The van der Waals surface area contributed by atoms with Gasteiger partial charge >= 0.3 is 0 Å². The molecule has 0 aromatic rings. The maximum Gasteiger partial charge on any atom is 0.155 e. The fourth-order valence-electron chi connectivity index (χ4n) is 5.41. The molecule has 0 spiro atoms. The predicted molar refractivity (Wildman–Crippen MR) is 109 cm³/mol. The molecule has 0 aromatic heterocycles. The van der Waals surface area contributed by atoms with E-state index in [1.807, 2.05) is 19.8 Å². The van der Waals surface area contributed by atoms with Crippen LogP contribution < -0.4 is 0 Å². The van der Waals surface area contributed by atoms with Gasteiger partial charge < -0.3 is 9.59 Å². The van der Waals surface area contributed by atoms with Crippen LogP contribution in [0.3, 0.4) is 0 Å². The number of hydrogen-bond donors (Lipinski definition) is 0. The van der Waals surface area contributed by atoms with Crippen molar-refractivity contribution in [1.29, 1.82) is 0 Å². The zero-order valence-electron chi connectivity index (χ0n) is 17.4. The molecule has 3 atom stereocenters. The first-order valence-electron chi connectivity index (χ1n) is 10.3. The van der Waals surface area contributed by atoms with Crippen molar-refractivity contribution in [2.24, 2.45) is 16.7 Å². The number of rotatable bonds is 1. The summed E-state index contributed by atoms with van der Waals surface area (Å²) in [6.45, 7) is 11.1. The van der Waals surface area contributed by atoms with E-state index in [-0.39, 0.29) is 5.41 Å². The van der Waals surface area contributed by atoms with E-state index in [1.54, 1.807) is 16.7 Å². The predicted octanol–water partition coefficient (Wildman–Crippen LogP) is 5.55. The zero-order valence-corrected chi connectivity index (χ0v) is 17.4. The Labute approximate surface area is 164 Å². The molecule has 0 aromatic carbocycles. The molecule has 0 saturated carbocycles. The van der Waals surface area contributed by atoms with Crippen molar-refractivity contribution in [1.82, 2.24) is 0 Å². The lowest BCUT2D eigenvalue weighted by Crippen LogP contribution is -2.37. The van der Waals surface area contributed by atoms with Gasteiger partial charge in [0.05, 0.1) is 0 Å². The summed E-state index contributed by atoms with van der Waals surface area (Å²) < 4.78 is 0. The van der Waals surface area contributed by atoms with Crippen LogP contribution in [0.5, 0.6) is 0 Å². The van der Waals surface area contributed by atoms with Crippen molar-refractivity contribution < 1.29 is 14.4 Å². The molecular weight excluding hydrogens is 336 g/mol. The smallest absolute Gasteiger partial charge is 0.155 e. The van der Waals surface area contributed by atoms with Crippen LogP contribution in [0.2, 0.25) is 0 Å². The van der Waals surface area contributed by atoms with Crippen LogP contribution in [0.25, 0.3) is 0 Å². The molecule has 3 heteroatoms. The van der Waals surface area contributed by atoms with Crippen molar-refractivity contribution >= 4 is 18.9 Å².